The third kappa shape index (κ3) is 5.13. The molecule has 5 nitrogen and oxygen atoms in total. The molecule has 2 heterocycles. The predicted molar refractivity (Wildman–Crippen MR) is 105 cm³/mol. The van der Waals surface area contributed by atoms with Crippen molar-refractivity contribution in [1.29, 1.82) is 0 Å². The number of piperidine rings is 1. The van der Waals surface area contributed by atoms with Crippen LogP contribution in [0.15, 0.2) is 40.8 Å². The SMILES string of the molecule is COc1cccc(C[NH+](Cc2ccc(C(=O)N3CCCCC3)o2)C(C)C)c1. The van der Waals surface area contributed by atoms with Crippen LogP contribution in [0.3, 0.4) is 0 Å². The molecule has 1 aromatic heterocycles. The molecule has 0 saturated carbocycles. The predicted octanol–water partition coefficient (Wildman–Crippen LogP) is 2.91. The fourth-order valence-corrected chi connectivity index (χ4v) is 3.58. The zero-order chi connectivity index (χ0) is 19.2. The molecule has 5 heteroatoms. The summed E-state index contributed by atoms with van der Waals surface area (Å²) in [6, 6.07) is 12.4. The summed E-state index contributed by atoms with van der Waals surface area (Å²) >= 11 is 0. The standard InChI is InChI=1S/C22H30N2O3/c1-17(2)24(15-18-8-7-9-19(14-18)26-3)16-20-10-11-21(27-20)22(25)23-12-5-4-6-13-23/h7-11,14,17H,4-6,12-13,15-16H2,1-3H3/p+1. The van der Waals surface area contributed by atoms with Gasteiger partial charge in [0.15, 0.2) is 11.5 Å². The number of hydrogen-bond donors (Lipinski definition) is 1. The van der Waals surface area contributed by atoms with Gasteiger partial charge in [-0.2, -0.15) is 0 Å². The lowest BCUT2D eigenvalue weighted by molar-refractivity contribution is -0.949. The minimum absolute atomic E-state index is 0.0276. The Morgan fingerprint density at radius 3 is 2.63 bits per heavy atom. The van der Waals surface area contributed by atoms with Gasteiger partial charge in [-0.05, 0) is 57.4 Å². The van der Waals surface area contributed by atoms with Gasteiger partial charge in [-0.1, -0.05) is 12.1 Å². The maximum absolute atomic E-state index is 12.6. The first kappa shape index (κ1) is 19.5. The van der Waals surface area contributed by atoms with Gasteiger partial charge in [0.05, 0.1) is 13.2 Å². The highest BCUT2D eigenvalue weighted by atomic mass is 16.5. The van der Waals surface area contributed by atoms with E-state index in [0.717, 1.165) is 50.5 Å². The Hall–Kier alpha value is -2.27. The number of nitrogens with zero attached hydrogens (tertiary/aromatic N) is 1. The van der Waals surface area contributed by atoms with Crippen molar-refractivity contribution in [3.63, 3.8) is 0 Å². The molecular formula is C22H31N2O3+. The minimum atomic E-state index is 0.0276. The number of methoxy groups -OCH3 is 1. The third-order valence-corrected chi connectivity index (χ3v) is 5.30. The van der Waals surface area contributed by atoms with E-state index in [-0.39, 0.29) is 5.91 Å². The van der Waals surface area contributed by atoms with Gasteiger partial charge in [0.2, 0.25) is 0 Å². The Labute approximate surface area is 161 Å². The second-order valence-corrected chi connectivity index (χ2v) is 7.64. The van der Waals surface area contributed by atoms with Gasteiger partial charge < -0.3 is 19.0 Å². The molecule has 1 aliphatic rings. The molecule has 1 aromatic carbocycles. The van der Waals surface area contributed by atoms with Crippen LogP contribution >= 0.6 is 0 Å². The maximum atomic E-state index is 12.6. The molecule has 1 atom stereocenters. The lowest BCUT2D eigenvalue weighted by Gasteiger charge is -2.25. The second-order valence-electron chi connectivity index (χ2n) is 7.64. The Balaban J connectivity index is 1.66. The zero-order valence-electron chi connectivity index (χ0n) is 16.7. The van der Waals surface area contributed by atoms with E-state index >= 15 is 0 Å². The molecule has 0 spiro atoms. The molecule has 1 aliphatic heterocycles. The molecule has 27 heavy (non-hydrogen) atoms. The first-order chi connectivity index (χ1) is 13.1. The number of quaternary nitrogens is 1. The molecule has 2 aromatic rings. The van der Waals surface area contributed by atoms with Gasteiger partial charge in [-0.3, -0.25) is 4.79 Å². The summed E-state index contributed by atoms with van der Waals surface area (Å²) in [5.41, 5.74) is 1.23. The third-order valence-electron chi connectivity index (χ3n) is 5.30. The summed E-state index contributed by atoms with van der Waals surface area (Å²) in [7, 11) is 1.69. The fourth-order valence-electron chi connectivity index (χ4n) is 3.58. The van der Waals surface area contributed by atoms with Crippen LogP contribution in [0.1, 0.15) is 55.0 Å². The summed E-state index contributed by atoms with van der Waals surface area (Å²) in [4.78, 5) is 15.9. The number of hydrogen-bond acceptors (Lipinski definition) is 3. The van der Waals surface area contributed by atoms with Gasteiger partial charge in [0.25, 0.3) is 5.91 Å². The number of nitrogens with one attached hydrogen (secondary N) is 1. The fraction of sp³-hybridized carbons (Fsp3) is 0.500. The van der Waals surface area contributed by atoms with E-state index in [1.54, 1.807) is 7.11 Å². The number of likely N-dealkylation sites (tertiary alicyclic amines) is 1. The number of ether oxygens (including phenoxy) is 1. The van der Waals surface area contributed by atoms with Crippen LogP contribution in [0.2, 0.25) is 0 Å². The Morgan fingerprint density at radius 2 is 1.93 bits per heavy atom. The first-order valence-corrected chi connectivity index (χ1v) is 9.92. The Kier molecular flexibility index (Phi) is 6.56. The van der Waals surface area contributed by atoms with E-state index in [9.17, 15) is 4.79 Å². The second kappa shape index (κ2) is 9.09. The van der Waals surface area contributed by atoms with Crippen LogP contribution in [0.25, 0.3) is 0 Å². The van der Waals surface area contributed by atoms with E-state index in [4.69, 9.17) is 9.15 Å². The number of amides is 1. The van der Waals surface area contributed by atoms with Crippen molar-refractivity contribution in [1.82, 2.24) is 4.90 Å². The molecule has 146 valence electrons. The van der Waals surface area contributed by atoms with Crippen LogP contribution in [0.4, 0.5) is 0 Å². The van der Waals surface area contributed by atoms with Gasteiger partial charge in [-0.25, -0.2) is 0 Å². The van der Waals surface area contributed by atoms with Crippen molar-refractivity contribution in [3.05, 3.63) is 53.5 Å². The van der Waals surface area contributed by atoms with E-state index in [2.05, 4.69) is 26.0 Å². The highest BCUT2D eigenvalue weighted by Crippen LogP contribution is 2.16. The van der Waals surface area contributed by atoms with Crippen LogP contribution in [0.5, 0.6) is 5.75 Å². The topological polar surface area (TPSA) is 47.1 Å². The van der Waals surface area contributed by atoms with E-state index in [1.165, 1.54) is 16.9 Å². The van der Waals surface area contributed by atoms with Crippen LogP contribution < -0.4 is 9.64 Å². The molecule has 1 fully saturated rings. The highest BCUT2D eigenvalue weighted by molar-refractivity contribution is 5.91. The lowest BCUT2D eigenvalue weighted by atomic mass is 10.1. The van der Waals surface area contributed by atoms with Gasteiger partial charge in [-0.15, -0.1) is 0 Å². The quantitative estimate of drug-likeness (QED) is 0.814. The lowest BCUT2D eigenvalue weighted by Crippen LogP contribution is -3.12. The average Bonchev–Trinajstić information content (AvgIpc) is 3.16. The number of benzene rings is 1. The normalized spacial score (nSPS) is 15.8. The Bertz CT molecular complexity index is 748. The largest absolute Gasteiger partial charge is 0.497 e. The Morgan fingerprint density at radius 1 is 1.15 bits per heavy atom. The van der Waals surface area contributed by atoms with E-state index in [0.29, 0.717) is 11.8 Å². The summed E-state index contributed by atoms with van der Waals surface area (Å²) in [6.07, 6.45) is 3.39. The van der Waals surface area contributed by atoms with Crippen molar-refractivity contribution >= 4 is 5.91 Å². The molecular weight excluding hydrogens is 340 g/mol. The van der Waals surface area contributed by atoms with Crippen LogP contribution in [-0.4, -0.2) is 37.0 Å². The van der Waals surface area contributed by atoms with Crippen molar-refractivity contribution in [2.24, 2.45) is 0 Å². The van der Waals surface area contributed by atoms with Crippen LogP contribution in [0, 0.1) is 0 Å². The van der Waals surface area contributed by atoms with Gasteiger partial charge in [0.1, 0.15) is 18.8 Å². The van der Waals surface area contributed by atoms with E-state index in [1.807, 2.05) is 29.2 Å². The summed E-state index contributed by atoms with van der Waals surface area (Å²) < 4.78 is 11.3. The molecule has 0 radical (unpaired) electrons. The first-order valence-electron chi connectivity index (χ1n) is 9.92. The molecule has 1 amide bonds. The number of carbonyl (C=O) groups excluding carboxylic acids is 1. The summed E-state index contributed by atoms with van der Waals surface area (Å²) in [5.74, 6) is 2.24. The monoisotopic (exact) mass is 371 g/mol. The highest BCUT2D eigenvalue weighted by Gasteiger charge is 2.23. The van der Waals surface area contributed by atoms with Crippen molar-refractivity contribution < 1.29 is 18.8 Å². The molecule has 3 rings (SSSR count). The van der Waals surface area contributed by atoms with Gasteiger partial charge in [0, 0.05) is 18.7 Å². The molecule has 1 unspecified atom stereocenters. The summed E-state index contributed by atoms with van der Waals surface area (Å²) in [5, 5.41) is 0. The van der Waals surface area contributed by atoms with Crippen LogP contribution in [-0.2, 0) is 13.1 Å². The maximum Gasteiger partial charge on any atom is 0.289 e. The number of carbonyl (C=O) groups is 1. The van der Waals surface area contributed by atoms with Crippen molar-refractivity contribution in [2.75, 3.05) is 20.2 Å². The van der Waals surface area contributed by atoms with Crippen molar-refractivity contribution in [2.45, 2.75) is 52.2 Å². The smallest absolute Gasteiger partial charge is 0.289 e. The molecule has 0 aliphatic carbocycles. The zero-order valence-corrected chi connectivity index (χ0v) is 16.7. The van der Waals surface area contributed by atoms with Crippen molar-refractivity contribution in [3.8, 4) is 5.75 Å². The molecule has 0 bridgehead atoms. The molecule has 1 saturated heterocycles. The average molecular weight is 372 g/mol. The number of furan rings is 1. The minimum Gasteiger partial charge on any atom is -0.497 e. The summed E-state index contributed by atoms with van der Waals surface area (Å²) in [6.45, 7) is 7.73. The van der Waals surface area contributed by atoms with Gasteiger partial charge >= 0.3 is 0 Å². The number of rotatable bonds is 7. The van der Waals surface area contributed by atoms with E-state index < -0.39 is 0 Å². The molecule has 1 N–H and O–H groups in total.